The fourth-order valence-corrected chi connectivity index (χ4v) is 2.24. The van der Waals surface area contributed by atoms with Gasteiger partial charge in [0.2, 0.25) is 5.89 Å². The number of hydrogen-bond acceptors (Lipinski definition) is 5. The molecule has 1 aromatic rings. The Morgan fingerprint density at radius 1 is 1.44 bits per heavy atom. The SMILES string of the molecule is CC(C)Cc1nc(CN(CCO)C2CCC2)no1. The van der Waals surface area contributed by atoms with Crippen LogP contribution in [0.2, 0.25) is 0 Å². The minimum absolute atomic E-state index is 0.188. The van der Waals surface area contributed by atoms with Gasteiger partial charge in [0.25, 0.3) is 0 Å². The summed E-state index contributed by atoms with van der Waals surface area (Å²) in [7, 11) is 0. The molecule has 0 amide bonds. The summed E-state index contributed by atoms with van der Waals surface area (Å²) in [5.41, 5.74) is 0. The number of aliphatic hydroxyl groups excluding tert-OH is 1. The summed E-state index contributed by atoms with van der Waals surface area (Å²) in [4.78, 5) is 6.67. The van der Waals surface area contributed by atoms with Crippen LogP contribution in [0.1, 0.15) is 44.8 Å². The van der Waals surface area contributed by atoms with Gasteiger partial charge in [-0.3, -0.25) is 4.90 Å². The molecule has 5 heteroatoms. The van der Waals surface area contributed by atoms with Gasteiger partial charge in [0.05, 0.1) is 13.2 Å². The zero-order chi connectivity index (χ0) is 13.0. The van der Waals surface area contributed by atoms with Crippen molar-refractivity contribution >= 4 is 0 Å². The van der Waals surface area contributed by atoms with Gasteiger partial charge in [-0.2, -0.15) is 4.98 Å². The molecule has 0 spiro atoms. The van der Waals surface area contributed by atoms with Crippen LogP contribution in [0.4, 0.5) is 0 Å². The third-order valence-corrected chi connectivity index (χ3v) is 3.42. The maximum atomic E-state index is 9.10. The van der Waals surface area contributed by atoms with Gasteiger partial charge in [0, 0.05) is 19.0 Å². The van der Waals surface area contributed by atoms with Crippen LogP contribution in [0.5, 0.6) is 0 Å². The van der Waals surface area contributed by atoms with E-state index in [1.807, 2.05) is 0 Å². The van der Waals surface area contributed by atoms with E-state index in [0.29, 0.717) is 25.0 Å². The van der Waals surface area contributed by atoms with Crippen molar-refractivity contribution in [3.8, 4) is 0 Å². The lowest BCUT2D eigenvalue weighted by molar-refractivity contribution is 0.0912. The Morgan fingerprint density at radius 3 is 2.78 bits per heavy atom. The van der Waals surface area contributed by atoms with E-state index in [0.717, 1.165) is 18.1 Å². The molecular formula is C13H23N3O2. The first-order valence-corrected chi connectivity index (χ1v) is 6.85. The average Bonchev–Trinajstić information content (AvgIpc) is 2.62. The van der Waals surface area contributed by atoms with Crippen molar-refractivity contribution < 1.29 is 9.63 Å². The second-order valence-corrected chi connectivity index (χ2v) is 5.48. The van der Waals surface area contributed by atoms with Crippen LogP contribution in [0.3, 0.4) is 0 Å². The van der Waals surface area contributed by atoms with Crippen LogP contribution in [0.15, 0.2) is 4.52 Å². The summed E-state index contributed by atoms with van der Waals surface area (Å²) >= 11 is 0. The molecule has 0 unspecified atom stereocenters. The number of hydrogen-bond donors (Lipinski definition) is 1. The molecule has 1 aliphatic carbocycles. The second kappa shape index (κ2) is 6.29. The third kappa shape index (κ3) is 3.53. The molecule has 18 heavy (non-hydrogen) atoms. The minimum Gasteiger partial charge on any atom is -0.395 e. The summed E-state index contributed by atoms with van der Waals surface area (Å²) in [5.74, 6) is 1.99. The molecule has 1 N–H and O–H groups in total. The summed E-state index contributed by atoms with van der Waals surface area (Å²) in [6.45, 7) is 5.84. The minimum atomic E-state index is 0.188. The molecule has 2 rings (SSSR count). The van der Waals surface area contributed by atoms with Gasteiger partial charge in [-0.05, 0) is 18.8 Å². The number of aromatic nitrogens is 2. The van der Waals surface area contributed by atoms with Crippen molar-refractivity contribution in [1.29, 1.82) is 0 Å². The summed E-state index contributed by atoms with van der Waals surface area (Å²) in [6.07, 6.45) is 4.56. The van der Waals surface area contributed by atoms with Crippen molar-refractivity contribution in [2.24, 2.45) is 5.92 Å². The Kier molecular flexibility index (Phi) is 4.72. The van der Waals surface area contributed by atoms with E-state index in [1.54, 1.807) is 0 Å². The highest BCUT2D eigenvalue weighted by atomic mass is 16.5. The molecule has 0 aliphatic heterocycles. The molecule has 0 aromatic carbocycles. The van der Waals surface area contributed by atoms with Crippen LogP contribution in [0, 0.1) is 5.92 Å². The standard InChI is InChI=1S/C13H23N3O2/c1-10(2)8-13-14-12(15-18-13)9-16(6-7-17)11-4-3-5-11/h10-11,17H,3-9H2,1-2H3. The maximum absolute atomic E-state index is 9.10. The summed E-state index contributed by atoms with van der Waals surface area (Å²) in [5, 5.41) is 13.1. The van der Waals surface area contributed by atoms with Gasteiger partial charge in [-0.1, -0.05) is 25.4 Å². The van der Waals surface area contributed by atoms with E-state index in [9.17, 15) is 0 Å². The van der Waals surface area contributed by atoms with Gasteiger partial charge in [-0.25, -0.2) is 0 Å². The lowest BCUT2D eigenvalue weighted by atomic mass is 9.91. The Morgan fingerprint density at radius 2 is 2.22 bits per heavy atom. The smallest absolute Gasteiger partial charge is 0.226 e. The molecule has 0 atom stereocenters. The Balaban J connectivity index is 1.91. The lowest BCUT2D eigenvalue weighted by Crippen LogP contribution is -2.41. The molecule has 1 heterocycles. The van der Waals surface area contributed by atoms with Crippen molar-refractivity contribution in [3.63, 3.8) is 0 Å². The molecule has 0 bridgehead atoms. The molecule has 5 nitrogen and oxygen atoms in total. The van der Waals surface area contributed by atoms with Gasteiger partial charge in [0.1, 0.15) is 0 Å². The predicted octanol–water partition coefficient (Wildman–Crippen LogP) is 1.61. The number of nitrogens with zero attached hydrogens (tertiary/aromatic N) is 3. The molecule has 102 valence electrons. The van der Waals surface area contributed by atoms with E-state index in [1.165, 1.54) is 19.3 Å². The molecule has 1 aliphatic rings. The van der Waals surface area contributed by atoms with E-state index >= 15 is 0 Å². The number of rotatable bonds is 7. The van der Waals surface area contributed by atoms with E-state index in [4.69, 9.17) is 9.63 Å². The van der Waals surface area contributed by atoms with Crippen LogP contribution in [-0.2, 0) is 13.0 Å². The Bertz CT molecular complexity index is 361. The van der Waals surface area contributed by atoms with Crippen molar-refractivity contribution in [2.75, 3.05) is 13.2 Å². The van der Waals surface area contributed by atoms with E-state index < -0.39 is 0 Å². The molecule has 1 fully saturated rings. The highest BCUT2D eigenvalue weighted by molar-refractivity contribution is 4.90. The fraction of sp³-hybridized carbons (Fsp3) is 0.846. The van der Waals surface area contributed by atoms with Crippen molar-refractivity contribution in [3.05, 3.63) is 11.7 Å². The summed E-state index contributed by atoms with van der Waals surface area (Å²) in [6, 6.07) is 0.587. The average molecular weight is 253 g/mol. The van der Waals surface area contributed by atoms with Gasteiger partial charge >= 0.3 is 0 Å². The zero-order valence-electron chi connectivity index (χ0n) is 11.3. The van der Waals surface area contributed by atoms with Gasteiger partial charge < -0.3 is 9.63 Å². The first-order chi connectivity index (χ1) is 8.69. The van der Waals surface area contributed by atoms with E-state index in [2.05, 4.69) is 28.9 Å². The van der Waals surface area contributed by atoms with Crippen molar-refractivity contribution in [2.45, 2.75) is 52.1 Å². The topological polar surface area (TPSA) is 62.4 Å². The highest BCUT2D eigenvalue weighted by Crippen LogP contribution is 2.25. The number of aliphatic hydroxyl groups is 1. The quantitative estimate of drug-likeness (QED) is 0.800. The summed E-state index contributed by atoms with van der Waals surface area (Å²) < 4.78 is 5.24. The molecule has 0 radical (unpaired) electrons. The van der Waals surface area contributed by atoms with Gasteiger partial charge in [0.15, 0.2) is 5.82 Å². The maximum Gasteiger partial charge on any atom is 0.226 e. The first-order valence-electron chi connectivity index (χ1n) is 6.85. The van der Waals surface area contributed by atoms with E-state index in [-0.39, 0.29) is 6.61 Å². The third-order valence-electron chi connectivity index (χ3n) is 3.42. The van der Waals surface area contributed by atoms with Crippen LogP contribution in [-0.4, -0.2) is 39.3 Å². The van der Waals surface area contributed by atoms with Crippen LogP contribution >= 0.6 is 0 Å². The largest absolute Gasteiger partial charge is 0.395 e. The predicted molar refractivity (Wildman–Crippen MR) is 68.0 cm³/mol. The lowest BCUT2D eigenvalue weighted by Gasteiger charge is -2.36. The highest BCUT2D eigenvalue weighted by Gasteiger charge is 2.25. The van der Waals surface area contributed by atoms with Gasteiger partial charge in [-0.15, -0.1) is 0 Å². The second-order valence-electron chi connectivity index (χ2n) is 5.48. The normalized spacial score (nSPS) is 16.5. The van der Waals surface area contributed by atoms with Crippen LogP contribution in [0.25, 0.3) is 0 Å². The van der Waals surface area contributed by atoms with Crippen LogP contribution < -0.4 is 0 Å². The first kappa shape index (κ1) is 13.5. The molecular weight excluding hydrogens is 230 g/mol. The fourth-order valence-electron chi connectivity index (χ4n) is 2.24. The Labute approximate surface area is 108 Å². The molecule has 1 aromatic heterocycles. The zero-order valence-corrected chi connectivity index (χ0v) is 11.3. The van der Waals surface area contributed by atoms with Crippen molar-refractivity contribution in [1.82, 2.24) is 15.0 Å². The molecule has 1 saturated carbocycles. The monoisotopic (exact) mass is 253 g/mol. The Hall–Kier alpha value is -0.940. The molecule has 0 saturated heterocycles.